The number of fused-ring (bicyclic) bond motifs is 2. The summed E-state index contributed by atoms with van der Waals surface area (Å²) in [7, 11) is 0. The van der Waals surface area contributed by atoms with Crippen LogP contribution in [0.1, 0.15) is 56.4 Å². The Labute approximate surface area is 192 Å². The molecule has 5 rings (SSSR count). The topological polar surface area (TPSA) is 64.1 Å². The van der Waals surface area contributed by atoms with E-state index in [-0.39, 0.29) is 23.4 Å². The highest BCUT2D eigenvalue weighted by Gasteiger charge is 2.56. The van der Waals surface area contributed by atoms with Crippen molar-refractivity contribution < 1.29 is 5.11 Å². The first-order valence-electron chi connectivity index (χ1n) is 12.5. The van der Waals surface area contributed by atoms with Gasteiger partial charge in [-0.05, 0) is 90.7 Å². The van der Waals surface area contributed by atoms with Gasteiger partial charge in [0, 0.05) is 12.3 Å². The first kappa shape index (κ1) is 21.9. The lowest BCUT2D eigenvalue weighted by Gasteiger charge is -2.55. The Hall–Kier alpha value is -1.91. The maximum Gasteiger partial charge on any atom is 0.0662 e. The number of hydrogen-bond donors (Lipinski definition) is 2. The van der Waals surface area contributed by atoms with Crippen LogP contribution in [0.4, 0.5) is 0 Å². The van der Waals surface area contributed by atoms with Crippen molar-refractivity contribution in [3.63, 3.8) is 0 Å². The minimum atomic E-state index is 0.0532. The van der Waals surface area contributed by atoms with Gasteiger partial charge in [0.1, 0.15) is 0 Å². The molecule has 3 aliphatic carbocycles. The van der Waals surface area contributed by atoms with E-state index in [0.29, 0.717) is 17.8 Å². The molecule has 1 aromatic carbocycles. The van der Waals surface area contributed by atoms with Gasteiger partial charge in [-0.25, -0.2) is 0 Å². The second-order valence-electron chi connectivity index (χ2n) is 11.2. The number of hydrogen-bond acceptors (Lipinski definition) is 3. The third-order valence-corrected chi connectivity index (χ3v) is 9.89. The molecule has 0 radical (unpaired) electrons. The molecule has 1 aromatic heterocycles. The van der Waals surface area contributed by atoms with E-state index in [4.69, 9.17) is 10.8 Å². The van der Waals surface area contributed by atoms with Gasteiger partial charge in [-0.1, -0.05) is 56.3 Å². The number of aliphatic hydroxyl groups is 1. The van der Waals surface area contributed by atoms with Crippen LogP contribution in [0.3, 0.4) is 0 Å². The highest BCUT2D eigenvalue weighted by molar-refractivity contribution is 5.28. The Morgan fingerprint density at radius 3 is 2.69 bits per heavy atom. The van der Waals surface area contributed by atoms with E-state index >= 15 is 0 Å². The monoisotopic (exact) mass is 433 g/mol. The van der Waals surface area contributed by atoms with Crippen LogP contribution in [-0.2, 0) is 19.4 Å². The largest absolute Gasteiger partial charge is 0.396 e. The Morgan fingerprint density at radius 1 is 1.19 bits per heavy atom. The summed E-state index contributed by atoms with van der Waals surface area (Å²) < 4.78 is 2.16. The average molecular weight is 434 g/mol. The molecule has 0 unspecified atom stereocenters. The maximum atomic E-state index is 10.6. The summed E-state index contributed by atoms with van der Waals surface area (Å²) >= 11 is 0. The SMILES string of the molecule is C=C1CC[C@H]2[C@H](CN)[C@@H]([C@@]3(C)Cc4cnn(Cc5ccccc5)c4C[C@@H]3CO)CC[C@]12C. The maximum absolute atomic E-state index is 10.6. The second kappa shape index (κ2) is 8.14. The summed E-state index contributed by atoms with van der Waals surface area (Å²) in [5, 5.41) is 15.3. The zero-order chi connectivity index (χ0) is 22.5. The average Bonchev–Trinajstić information content (AvgIpc) is 3.32. The molecule has 2 aromatic rings. The third kappa shape index (κ3) is 3.30. The molecule has 0 amide bonds. The fraction of sp³-hybridized carbons (Fsp3) is 0.607. The van der Waals surface area contributed by atoms with E-state index in [1.54, 1.807) is 0 Å². The van der Waals surface area contributed by atoms with E-state index in [9.17, 15) is 5.11 Å². The van der Waals surface area contributed by atoms with E-state index in [1.165, 1.54) is 41.7 Å². The molecule has 4 heteroatoms. The van der Waals surface area contributed by atoms with Crippen molar-refractivity contribution in [1.82, 2.24) is 9.78 Å². The minimum Gasteiger partial charge on any atom is -0.396 e. The molecule has 32 heavy (non-hydrogen) atoms. The lowest BCUT2D eigenvalue weighted by molar-refractivity contribution is -0.0539. The molecule has 0 bridgehead atoms. The smallest absolute Gasteiger partial charge is 0.0662 e. The Bertz CT molecular complexity index is 982. The quantitative estimate of drug-likeness (QED) is 0.677. The molecule has 172 valence electrons. The number of allylic oxidation sites excluding steroid dienone is 1. The highest BCUT2D eigenvalue weighted by atomic mass is 16.3. The zero-order valence-electron chi connectivity index (χ0n) is 19.8. The number of rotatable bonds is 5. The van der Waals surface area contributed by atoms with Gasteiger partial charge in [0.15, 0.2) is 0 Å². The van der Waals surface area contributed by atoms with Crippen molar-refractivity contribution in [2.45, 2.75) is 58.9 Å². The lowest BCUT2D eigenvalue weighted by Crippen LogP contribution is -2.53. The molecule has 3 N–H and O–H groups in total. The summed E-state index contributed by atoms with van der Waals surface area (Å²) in [6.07, 6.45) is 8.77. The predicted octanol–water partition coefficient (Wildman–Crippen LogP) is 4.60. The van der Waals surface area contributed by atoms with Gasteiger partial charge in [0.25, 0.3) is 0 Å². The van der Waals surface area contributed by atoms with Gasteiger partial charge >= 0.3 is 0 Å². The fourth-order valence-electron chi connectivity index (χ4n) is 7.80. The van der Waals surface area contributed by atoms with Gasteiger partial charge < -0.3 is 10.8 Å². The molecular weight excluding hydrogens is 394 g/mol. The van der Waals surface area contributed by atoms with Gasteiger partial charge in [-0.3, -0.25) is 4.68 Å². The first-order chi connectivity index (χ1) is 15.4. The number of nitrogens with two attached hydrogens (primary N) is 1. The Kier molecular flexibility index (Phi) is 5.58. The minimum absolute atomic E-state index is 0.0532. The van der Waals surface area contributed by atoms with Crippen molar-refractivity contribution in [1.29, 1.82) is 0 Å². The van der Waals surface area contributed by atoms with Crippen molar-refractivity contribution >= 4 is 0 Å². The molecule has 3 aliphatic rings. The summed E-state index contributed by atoms with van der Waals surface area (Å²) in [4.78, 5) is 0. The number of benzene rings is 1. The van der Waals surface area contributed by atoms with Gasteiger partial charge in [0.2, 0.25) is 0 Å². The predicted molar refractivity (Wildman–Crippen MR) is 129 cm³/mol. The molecule has 0 spiro atoms. The van der Waals surface area contributed by atoms with Crippen LogP contribution in [0.15, 0.2) is 48.7 Å². The summed E-state index contributed by atoms with van der Waals surface area (Å²) in [6, 6.07) is 10.5. The third-order valence-electron chi connectivity index (χ3n) is 9.89. The lowest BCUT2D eigenvalue weighted by atomic mass is 9.49. The van der Waals surface area contributed by atoms with Crippen LogP contribution in [0.2, 0.25) is 0 Å². The van der Waals surface area contributed by atoms with Crippen molar-refractivity contribution in [2.75, 3.05) is 13.2 Å². The van der Waals surface area contributed by atoms with Crippen LogP contribution in [0, 0.1) is 34.5 Å². The number of aliphatic hydroxyl groups excluding tert-OH is 1. The number of nitrogens with zero attached hydrogens (tertiary/aromatic N) is 2. The summed E-state index contributed by atoms with van der Waals surface area (Å²) in [5.41, 5.74) is 12.2. The molecule has 2 saturated carbocycles. The zero-order valence-corrected chi connectivity index (χ0v) is 19.8. The van der Waals surface area contributed by atoms with Crippen molar-refractivity contribution in [2.24, 2.45) is 40.2 Å². The molecule has 2 fully saturated rings. The molecule has 1 heterocycles. The van der Waals surface area contributed by atoms with Gasteiger partial charge in [-0.15, -0.1) is 0 Å². The van der Waals surface area contributed by atoms with Crippen LogP contribution in [0.5, 0.6) is 0 Å². The first-order valence-corrected chi connectivity index (χ1v) is 12.5. The van der Waals surface area contributed by atoms with Crippen molar-refractivity contribution in [3.05, 3.63) is 65.5 Å². The summed E-state index contributed by atoms with van der Waals surface area (Å²) in [6.45, 7) is 11.1. The second-order valence-corrected chi connectivity index (χ2v) is 11.2. The Morgan fingerprint density at radius 2 is 1.97 bits per heavy atom. The van der Waals surface area contributed by atoms with E-state index in [0.717, 1.165) is 32.4 Å². The molecule has 0 aliphatic heterocycles. The molecule has 6 atom stereocenters. The molecular formula is C28H39N3O. The summed E-state index contributed by atoms with van der Waals surface area (Å²) in [5.74, 6) is 1.93. The Balaban J connectivity index is 1.45. The molecule has 4 nitrogen and oxygen atoms in total. The van der Waals surface area contributed by atoms with Crippen LogP contribution in [0.25, 0.3) is 0 Å². The van der Waals surface area contributed by atoms with E-state index in [1.807, 2.05) is 0 Å². The van der Waals surface area contributed by atoms with Crippen LogP contribution >= 0.6 is 0 Å². The normalized spacial score (nSPS) is 36.7. The number of aromatic nitrogens is 2. The van der Waals surface area contributed by atoms with Crippen LogP contribution < -0.4 is 5.73 Å². The van der Waals surface area contributed by atoms with Crippen molar-refractivity contribution in [3.8, 4) is 0 Å². The van der Waals surface area contributed by atoms with Crippen LogP contribution in [-0.4, -0.2) is 28.0 Å². The van der Waals surface area contributed by atoms with E-state index in [2.05, 4.69) is 61.6 Å². The van der Waals surface area contributed by atoms with E-state index < -0.39 is 0 Å². The fourth-order valence-corrected chi connectivity index (χ4v) is 7.80. The van der Waals surface area contributed by atoms with Gasteiger partial charge in [0.05, 0.1) is 12.7 Å². The molecule has 0 saturated heterocycles. The standard InChI is InChI=1S/C28H39N3O/c1-19-9-10-24-23(15-29)25(11-12-27(19,24)2)28(3)14-21-16-30-31(26(21)13-22(28)18-32)17-20-7-5-4-6-8-20/h4-8,16,22-25,32H,1,9-15,17-18,29H2,2-3H3/t22-,23+,24+,25+,27-,28+/m1/s1. The highest BCUT2D eigenvalue weighted by Crippen LogP contribution is 2.62. The van der Waals surface area contributed by atoms with Gasteiger partial charge in [-0.2, -0.15) is 5.10 Å².